The van der Waals surface area contributed by atoms with Crippen LogP contribution in [-0.4, -0.2) is 14.2 Å². The number of hydrogen-bond donors (Lipinski definition) is 0. The first-order valence-corrected chi connectivity index (χ1v) is 7.07. The van der Waals surface area contributed by atoms with E-state index in [1.165, 1.54) is 0 Å². The van der Waals surface area contributed by atoms with Crippen LogP contribution in [0.3, 0.4) is 0 Å². The van der Waals surface area contributed by atoms with Crippen LogP contribution in [-0.2, 0) is 0 Å². The number of ether oxygens (including phenoxy) is 2. The van der Waals surface area contributed by atoms with Gasteiger partial charge in [0.2, 0.25) is 0 Å². The van der Waals surface area contributed by atoms with Crippen LogP contribution in [0.15, 0.2) is 36.4 Å². The Morgan fingerprint density at radius 2 is 1.45 bits per heavy atom. The van der Waals surface area contributed by atoms with Crippen molar-refractivity contribution in [1.29, 1.82) is 0 Å². The maximum absolute atomic E-state index is 6.49. The fourth-order valence-corrected chi connectivity index (χ4v) is 2.65. The Morgan fingerprint density at radius 3 is 2.00 bits per heavy atom. The standard InChI is InChI=1S/C15H13Cl3O2/c1-19-13-7-11(12(17)8-14(13)20-2)15(18)9-3-5-10(16)6-4-9/h3-8,15H,1-2H3. The first-order valence-electron chi connectivity index (χ1n) is 5.87. The van der Waals surface area contributed by atoms with Gasteiger partial charge in [-0.25, -0.2) is 0 Å². The van der Waals surface area contributed by atoms with Crippen molar-refractivity contribution < 1.29 is 9.47 Å². The second-order valence-corrected chi connectivity index (χ2v) is 5.42. The fraction of sp³-hybridized carbons (Fsp3) is 0.200. The Morgan fingerprint density at radius 1 is 0.900 bits per heavy atom. The van der Waals surface area contributed by atoms with Crippen molar-refractivity contribution >= 4 is 34.8 Å². The molecule has 20 heavy (non-hydrogen) atoms. The van der Waals surface area contributed by atoms with E-state index in [-0.39, 0.29) is 5.38 Å². The second-order valence-electron chi connectivity index (χ2n) is 4.14. The van der Waals surface area contributed by atoms with Gasteiger partial charge >= 0.3 is 0 Å². The lowest BCUT2D eigenvalue weighted by molar-refractivity contribution is 0.354. The van der Waals surface area contributed by atoms with Crippen molar-refractivity contribution in [3.63, 3.8) is 0 Å². The maximum Gasteiger partial charge on any atom is 0.162 e. The maximum atomic E-state index is 6.49. The third-order valence-electron chi connectivity index (χ3n) is 2.94. The third-order valence-corrected chi connectivity index (χ3v) is 4.00. The van der Waals surface area contributed by atoms with Crippen LogP contribution in [0, 0.1) is 0 Å². The van der Waals surface area contributed by atoms with Gasteiger partial charge in [-0.05, 0) is 29.3 Å². The molecule has 0 saturated heterocycles. The Hall–Kier alpha value is -1.09. The van der Waals surface area contributed by atoms with Gasteiger partial charge in [-0.1, -0.05) is 35.3 Å². The van der Waals surface area contributed by atoms with E-state index in [0.29, 0.717) is 21.5 Å². The average molecular weight is 332 g/mol. The molecule has 1 unspecified atom stereocenters. The van der Waals surface area contributed by atoms with Crippen molar-refractivity contribution in [3.8, 4) is 11.5 Å². The summed E-state index contributed by atoms with van der Waals surface area (Å²) in [4.78, 5) is 0. The molecule has 0 fully saturated rings. The molecule has 0 aliphatic rings. The fourth-order valence-electron chi connectivity index (χ4n) is 1.88. The molecule has 0 spiro atoms. The molecule has 2 nitrogen and oxygen atoms in total. The number of methoxy groups -OCH3 is 2. The van der Waals surface area contributed by atoms with Crippen LogP contribution >= 0.6 is 34.8 Å². The molecule has 5 heteroatoms. The van der Waals surface area contributed by atoms with Crippen molar-refractivity contribution in [2.75, 3.05) is 14.2 Å². The molecule has 0 aliphatic heterocycles. The molecule has 0 aliphatic carbocycles. The quantitative estimate of drug-likeness (QED) is 0.704. The van der Waals surface area contributed by atoms with Crippen LogP contribution in [0.4, 0.5) is 0 Å². The predicted octanol–water partition coefficient (Wildman–Crippen LogP) is 5.34. The van der Waals surface area contributed by atoms with Crippen molar-refractivity contribution in [1.82, 2.24) is 0 Å². The summed E-state index contributed by atoms with van der Waals surface area (Å²) in [6, 6.07) is 10.8. The molecule has 0 aromatic heterocycles. The molecule has 0 radical (unpaired) electrons. The summed E-state index contributed by atoms with van der Waals surface area (Å²) in [5.74, 6) is 1.16. The van der Waals surface area contributed by atoms with E-state index in [4.69, 9.17) is 44.3 Å². The van der Waals surface area contributed by atoms with Gasteiger partial charge in [-0.15, -0.1) is 11.6 Å². The van der Waals surface area contributed by atoms with Gasteiger partial charge < -0.3 is 9.47 Å². The molecule has 0 bridgehead atoms. The molecule has 0 saturated carbocycles. The highest BCUT2D eigenvalue weighted by Crippen LogP contribution is 2.40. The smallest absolute Gasteiger partial charge is 0.162 e. The van der Waals surface area contributed by atoms with Gasteiger partial charge in [0, 0.05) is 16.1 Å². The number of hydrogen-bond acceptors (Lipinski definition) is 2. The summed E-state index contributed by atoms with van der Waals surface area (Å²) in [7, 11) is 3.13. The van der Waals surface area contributed by atoms with E-state index in [1.807, 2.05) is 12.1 Å². The first-order chi connectivity index (χ1) is 9.56. The van der Waals surface area contributed by atoms with Crippen molar-refractivity contribution in [3.05, 3.63) is 57.6 Å². The van der Waals surface area contributed by atoms with Crippen molar-refractivity contribution in [2.24, 2.45) is 0 Å². The molecule has 2 aromatic rings. The normalized spacial score (nSPS) is 12.1. The van der Waals surface area contributed by atoms with E-state index in [2.05, 4.69) is 0 Å². The second kappa shape index (κ2) is 6.57. The lowest BCUT2D eigenvalue weighted by Gasteiger charge is -2.16. The van der Waals surface area contributed by atoms with Crippen molar-refractivity contribution in [2.45, 2.75) is 5.38 Å². The van der Waals surface area contributed by atoms with E-state index in [1.54, 1.807) is 38.5 Å². The van der Waals surface area contributed by atoms with Gasteiger partial charge in [0.15, 0.2) is 11.5 Å². The molecule has 0 heterocycles. The van der Waals surface area contributed by atoms with Crippen LogP contribution in [0.1, 0.15) is 16.5 Å². The summed E-state index contributed by atoms with van der Waals surface area (Å²) >= 11 is 18.6. The molecule has 0 amide bonds. The number of alkyl halides is 1. The van der Waals surface area contributed by atoms with E-state index < -0.39 is 0 Å². The highest BCUT2D eigenvalue weighted by molar-refractivity contribution is 6.33. The van der Waals surface area contributed by atoms with E-state index in [9.17, 15) is 0 Å². The molecule has 1 atom stereocenters. The minimum Gasteiger partial charge on any atom is -0.493 e. The molecule has 2 rings (SSSR count). The largest absolute Gasteiger partial charge is 0.493 e. The first kappa shape index (κ1) is 15.3. The molecule has 2 aromatic carbocycles. The Kier molecular flexibility index (Phi) is 5.03. The van der Waals surface area contributed by atoms with E-state index in [0.717, 1.165) is 11.1 Å². The molecular formula is C15H13Cl3O2. The Balaban J connectivity index is 2.43. The van der Waals surface area contributed by atoms with E-state index >= 15 is 0 Å². The highest BCUT2D eigenvalue weighted by Gasteiger charge is 2.18. The minimum absolute atomic E-state index is 0.389. The molecule has 0 N–H and O–H groups in total. The van der Waals surface area contributed by atoms with Gasteiger partial charge in [0.05, 0.1) is 19.6 Å². The zero-order valence-corrected chi connectivity index (χ0v) is 13.3. The van der Waals surface area contributed by atoms with Gasteiger partial charge in [-0.3, -0.25) is 0 Å². The Bertz CT molecular complexity index is 597. The van der Waals surface area contributed by atoms with Crippen LogP contribution in [0.5, 0.6) is 11.5 Å². The Labute approximate surface area is 133 Å². The number of benzene rings is 2. The summed E-state index contributed by atoms with van der Waals surface area (Å²) in [6.07, 6.45) is 0. The van der Waals surface area contributed by atoms with Gasteiger partial charge in [-0.2, -0.15) is 0 Å². The summed E-state index contributed by atoms with van der Waals surface area (Å²) in [6.45, 7) is 0. The number of rotatable bonds is 4. The molecule has 106 valence electrons. The van der Waals surface area contributed by atoms with Crippen LogP contribution in [0.2, 0.25) is 10.0 Å². The average Bonchev–Trinajstić information content (AvgIpc) is 2.47. The summed E-state index contributed by atoms with van der Waals surface area (Å²) in [5.41, 5.74) is 1.67. The highest BCUT2D eigenvalue weighted by atomic mass is 35.5. The van der Waals surface area contributed by atoms with Gasteiger partial charge in [0.25, 0.3) is 0 Å². The van der Waals surface area contributed by atoms with Crippen LogP contribution < -0.4 is 9.47 Å². The lowest BCUT2D eigenvalue weighted by atomic mass is 10.0. The topological polar surface area (TPSA) is 18.5 Å². The SMILES string of the molecule is COc1cc(Cl)c(C(Cl)c2ccc(Cl)cc2)cc1OC. The third kappa shape index (κ3) is 3.14. The minimum atomic E-state index is -0.389. The summed E-state index contributed by atoms with van der Waals surface area (Å²) < 4.78 is 10.5. The zero-order chi connectivity index (χ0) is 14.7. The molecular weight excluding hydrogens is 319 g/mol. The lowest BCUT2D eigenvalue weighted by Crippen LogP contribution is -1.98. The summed E-state index contributed by atoms with van der Waals surface area (Å²) in [5, 5.41) is 0.799. The zero-order valence-electron chi connectivity index (χ0n) is 11.0. The van der Waals surface area contributed by atoms with Crippen LogP contribution in [0.25, 0.3) is 0 Å². The number of halogens is 3. The van der Waals surface area contributed by atoms with Gasteiger partial charge in [0.1, 0.15) is 0 Å². The predicted molar refractivity (Wildman–Crippen MR) is 83.7 cm³/mol. The monoisotopic (exact) mass is 330 g/mol.